The van der Waals surface area contributed by atoms with Gasteiger partial charge in [-0.3, -0.25) is 0 Å². The molecule has 0 radical (unpaired) electrons. The van der Waals surface area contributed by atoms with E-state index >= 15 is 0 Å². The summed E-state index contributed by atoms with van der Waals surface area (Å²) in [4.78, 5) is 8.73. The molecule has 0 spiro atoms. The SMILES string of the molecule is Cc1nc(OC2CCOCC2)ncc1CNC(C)C. The summed E-state index contributed by atoms with van der Waals surface area (Å²) >= 11 is 0. The predicted octanol–water partition coefficient (Wildman–Crippen LogP) is 1.84. The molecule has 0 unspecified atom stereocenters. The normalized spacial score (nSPS) is 16.8. The van der Waals surface area contributed by atoms with E-state index in [0.29, 0.717) is 12.1 Å². The lowest BCUT2D eigenvalue weighted by Crippen LogP contribution is -2.27. The van der Waals surface area contributed by atoms with Crippen LogP contribution in [0, 0.1) is 6.92 Å². The Labute approximate surface area is 114 Å². The maximum atomic E-state index is 5.79. The molecular weight excluding hydrogens is 242 g/mol. The Morgan fingerprint density at radius 3 is 2.79 bits per heavy atom. The van der Waals surface area contributed by atoms with Crippen molar-refractivity contribution in [3.63, 3.8) is 0 Å². The second kappa shape index (κ2) is 6.82. The molecule has 2 heterocycles. The smallest absolute Gasteiger partial charge is 0.316 e. The quantitative estimate of drug-likeness (QED) is 0.880. The van der Waals surface area contributed by atoms with E-state index in [1.54, 1.807) is 0 Å². The molecule has 0 saturated carbocycles. The summed E-state index contributed by atoms with van der Waals surface area (Å²) in [5.74, 6) is 0. The topological polar surface area (TPSA) is 56.3 Å². The van der Waals surface area contributed by atoms with E-state index in [-0.39, 0.29) is 6.10 Å². The van der Waals surface area contributed by atoms with Gasteiger partial charge in [-0.1, -0.05) is 13.8 Å². The summed E-state index contributed by atoms with van der Waals surface area (Å²) in [6.45, 7) is 8.56. The van der Waals surface area contributed by atoms with E-state index in [2.05, 4.69) is 29.1 Å². The molecule has 1 aliphatic heterocycles. The van der Waals surface area contributed by atoms with E-state index in [9.17, 15) is 0 Å². The maximum Gasteiger partial charge on any atom is 0.316 e. The van der Waals surface area contributed by atoms with Gasteiger partial charge in [-0.15, -0.1) is 0 Å². The van der Waals surface area contributed by atoms with Crippen LogP contribution in [0.1, 0.15) is 37.9 Å². The van der Waals surface area contributed by atoms with Crippen LogP contribution in [-0.2, 0) is 11.3 Å². The monoisotopic (exact) mass is 265 g/mol. The summed E-state index contributed by atoms with van der Waals surface area (Å²) in [7, 11) is 0. The van der Waals surface area contributed by atoms with Crippen LogP contribution < -0.4 is 10.1 Å². The standard InChI is InChI=1S/C14H23N3O2/c1-10(2)15-8-12-9-16-14(17-11(12)3)19-13-4-6-18-7-5-13/h9-10,13,15H,4-8H2,1-3H3. The second-order valence-corrected chi connectivity index (χ2v) is 5.23. The lowest BCUT2D eigenvalue weighted by atomic mass is 10.2. The fourth-order valence-electron chi connectivity index (χ4n) is 1.96. The van der Waals surface area contributed by atoms with Crippen molar-refractivity contribution in [1.82, 2.24) is 15.3 Å². The fourth-order valence-corrected chi connectivity index (χ4v) is 1.96. The first kappa shape index (κ1) is 14.2. The van der Waals surface area contributed by atoms with Gasteiger partial charge in [-0.05, 0) is 6.92 Å². The van der Waals surface area contributed by atoms with Crippen LogP contribution in [0.15, 0.2) is 6.20 Å². The Kier molecular flexibility index (Phi) is 5.10. The van der Waals surface area contributed by atoms with Gasteiger partial charge in [0.25, 0.3) is 0 Å². The molecule has 1 aromatic rings. The average molecular weight is 265 g/mol. The molecule has 1 aromatic heterocycles. The highest BCUT2D eigenvalue weighted by Crippen LogP contribution is 2.15. The molecule has 5 nitrogen and oxygen atoms in total. The first-order valence-corrected chi connectivity index (χ1v) is 6.95. The molecule has 0 amide bonds. The third kappa shape index (κ3) is 4.44. The molecule has 0 aromatic carbocycles. The fraction of sp³-hybridized carbons (Fsp3) is 0.714. The summed E-state index contributed by atoms with van der Waals surface area (Å²) in [6.07, 6.45) is 3.87. The maximum absolute atomic E-state index is 5.79. The molecule has 0 bridgehead atoms. The number of hydrogen-bond donors (Lipinski definition) is 1. The van der Waals surface area contributed by atoms with E-state index in [0.717, 1.165) is 43.9 Å². The molecule has 5 heteroatoms. The van der Waals surface area contributed by atoms with Crippen molar-refractivity contribution in [1.29, 1.82) is 0 Å². The number of rotatable bonds is 5. The van der Waals surface area contributed by atoms with Crippen molar-refractivity contribution in [2.24, 2.45) is 0 Å². The summed E-state index contributed by atoms with van der Waals surface area (Å²) in [6, 6.07) is 0.940. The van der Waals surface area contributed by atoms with Crippen LogP contribution in [0.3, 0.4) is 0 Å². The number of aryl methyl sites for hydroxylation is 1. The Morgan fingerprint density at radius 2 is 2.16 bits per heavy atom. The number of ether oxygens (including phenoxy) is 2. The van der Waals surface area contributed by atoms with Crippen molar-refractivity contribution in [3.8, 4) is 6.01 Å². The van der Waals surface area contributed by atoms with Gasteiger partial charge in [0.1, 0.15) is 6.10 Å². The van der Waals surface area contributed by atoms with Gasteiger partial charge in [0.15, 0.2) is 0 Å². The number of nitrogens with zero attached hydrogens (tertiary/aromatic N) is 2. The molecule has 2 rings (SSSR count). The Hall–Kier alpha value is -1.20. The summed E-state index contributed by atoms with van der Waals surface area (Å²) in [5.41, 5.74) is 2.10. The van der Waals surface area contributed by atoms with Gasteiger partial charge in [0, 0.05) is 42.9 Å². The lowest BCUT2D eigenvalue weighted by Gasteiger charge is -2.22. The highest BCUT2D eigenvalue weighted by molar-refractivity contribution is 5.17. The third-order valence-corrected chi connectivity index (χ3v) is 3.20. The molecule has 1 fully saturated rings. The largest absolute Gasteiger partial charge is 0.460 e. The summed E-state index contributed by atoms with van der Waals surface area (Å²) in [5, 5.41) is 3.37. The Morgan fingerprint density at radius 1 is 1.42 bits per heavy atom. The van der Waals surface area contributed by atoms with Crippen LogP contribution in [0.25, 0.3) is 0 Å². The Bertz CT molecular complexity index is 404. The molecule has 1 saturated heterocycles. The minimum Gasteiger partial charge on any atom is -0.460 e. The lowest BCUT2D eigenvalue weighted by molar-refractivity contribution is 0.0216. The first-order chi connectivity index (χ1) is 9.15. The van der Waals surface area contributed by atoms with Gasteiger partial charge in [-0.2, -0.15) is 0 Å². The van der Waals surface area contributed by atoms with E-state index in [4.69, 9.17) is 9.47 Å². The number of nitrogens with one attached hydrogen (secondary N) is 1. The zero-order valence-electron chi connectivity index (χ0n) is 12.0. The van der Waals surface area contributed by atoms with Gasteiger partial charge >= 0.3 is 6.01 Å². The average Bonchev–Trinajstić information content (AvgIpc) is 2.39. The summed E-state index contributed by atoms with van der Waals surface area (Å²) < 4.78 is 11.1. The van der Waals surface area contributed by atoms with E-state index < -0.39 is 0 Å². The molecule has 19 heavy (non-hydrogen) atoms. The molecule has 106 valence electrons. The molecule has 0 aliphatic carbocycles. The van der Waals surface area contributed by atoms with Crippen LogP contribution in [-0.4, -0.2) is 35.3 Å². The first-order valence-electron chi connectivity index (χ1n) is 6.95. The zero-order chi connectivity index (χ0) is 13.7. The van der Waals surface area contributed by atoms with Crippen LogP contribution >= 0.6 is 0 Å². The molecule has 0 atom stereocenters. The highest BCUT2D eigenvalue weighted by Gasteiger charge is 2.16. The molecular formula is C14H23N3O2. The minimum atomic E-state index is 0.188. The number of aromatic nitrogens is 2. The van der Waals surface area contributed by atoms with E-state index in [1.165, 1.54) is 0 Å². The van der Waals surface area contributed by atoms with Crippen LogP contribution in [0.4, 0.5) is 0 Å². The van der Waals surface area contributed by atoms with Crippen LogP contribution in [0.5, 0.6) is 6.01 Å². The van der Waals surface area contributed by atoms with Crippen LogP contribution in [0.2, 0.25) is 0 Å². The molecule has 1 aliphatic rings. The van der Waals surface area contributed by atoms with Gasteiger partial charge < -0.3 is 14.8 Å². The van der Waals surface area contributed by atoms with Gasteiger partial charge in [0.05, 0.1) is 13.2 Å². The van der Waals surface area contributed by atoms with Crippen molar-refractivity contribution >= 4 is 0 Å². The third-order valence-electron chi connectivity index (χ3n) is 3.20. The minimum absolute atomic E-state index is 0.188. The second-order valence-electron chi connectivity index (χ2n) is 5.23. The molecule has 1 N–H and O–H groups in total. The van der Waals surface area contributed by atoms with Crippen molar-refractivity contribution in [3.05, 3.63) is 17.5 Å². The van der Waals surface area contributed by atoms with Crippen molar-refractivity contribution in [2.45, 2.75) is 52.3 Å². The highest BCUT2D eigenvalue weighted by atomic mass is 16.5. The van der Waals surface area contributed by atoms with Gasteiger partial charge in [0.2, 0.25) is 0 Å². The van der Waals surface area contributed by atoms with Gasteiger partial charge in [-0.25, -0.2) is 9.97 Å². The van der Waals surface area contributed by atoms with Crippen molar-refractivity contribution in [2.75, 3.05) is 13.2 Å². The van der Waals surface area contributed by atoms with E-state index in [1.807, 2.05) is 13.1 Å². The predicted molar refractivity (Wildman–Crippen MR) is 73.2 cm³/mol. The van der Waals surface area contributed by atoms with Crippen molar-refractivity contribution < 1.29 is 9.47 Å². The number of hydrogen-bond acceptors (Lipinski definition) is 5. The zero-order valence-corrected chi connectivity index (χ0v) is 12.0. The Balaban J connectivity index is 1.93.